The van der Waals surface area contributed by atoms with Crippen molar-refractivity contribution in [2.45, 2.75) is 71.1 Å². The lowest BCUT2D eigenvalue weighted by molar-refractivity contribution is -0.132. The van der Waals surface area contributed by atoms with Crippen LogP contribution >= 0.6 is 0 Å². The summed E-state index contributed by atoms with van der Waals surface area (Å²) in [5.41, 5.74) is -0.574. The minimum atomic E-state index is -0.574. The van der Waals surface area contributed by atoms with Crippen molar-refractivity contribution in [3.63, 3.8) is 0 Å². The Labute approximate surface area is 183 Å². The Balaban J connectivity index is 1.47. The molecule has 0 aromatic carbocycles. The van der Waals surface area contributed by atoms with E-state index in [0.717, 1.165) is 50.3 Å². The van der Waals surface area contributed by atoms with Crippen LogP contribution in [0.15, 0.2) is 23.7 Å². The van der Waals surface area contributed by atoms with E-state index in [1.807, 2.05) is 0 Å². The van der Waals surface area contributed by atoms with Crippen molar-refractivity contribution in [3.05, 3.63) is 23.7 Å². The lowest BCUT2D eigenvalue weighted by atomic mass is 9.77. The van der Waals surface area contributed by atoms with Gasteiger partial charge >= 0.3 is 0 Å². The number of amides is 1. The zero-order valence-corrected chi connectivity index (χ0v) is 19.5. The average Bonchev–Trinajstić information content (AvgIpc) is 3.07. The summed E-state index contributed by atoms with van der Waals surface area (Å²) in [6, 6.07) is 0. The molecular formula is C25H42N2O3. The maximum Gasteiger partial charge on any atom is 0.236 e. The molecule has 1 spiro atoms. The first-order chi connectivity index (χ1) is 14.6. The average molecular weight is 419 g/mol. The molecule has 5 heteroatoms. The number of piperidine rings is 1. The number of carbonyl (C=O) groups excluding carboxylic acids is 1. The third-order valence-corrected chi connectivity index (χ3v) is 7.12. The summed E-state index contributed by atoms with van der Waals surface area (Å²) in [7, 11) is 3.42. The highest BCUT2D eigenvalue weighted by molar-refractivity contribution is 5.89. The van der Waals surface area contributed by atoms with E-state index in [4.69, 9.17) is 9.47 Å². The van der Waals surface area contributed by atoms with Gasteiger partial charge in [0.1, 0.15) is 11.5 Å². The molecule has 30 heavy (non-hydrogen) atoms. The Bertz CT molecular complexity index is 600. The number of rotatable bonds is 11. The van der Waals surface area contributed by atoms with E-state index < -0.39 is 5.41 Å². The molecule has 0 bridgehead atoms. The van der Waals surface area contributed by atoms with E-state index in [2.05, 4.69) is 28.9 Å². The predicted molar refractivity (Wildman–Crippen MR) is 121 cm³/mol. The molecule has 2 aliphatic heterocycles. The second-order valence-electron chi connectivity index (χ2n) is 9.24. The predicted octanol–water partition coefficient (Wildman–Crippen LogP) is 4.74. The van der Waals surface area contributed by atoms with Gasteiger partial charge in [0, 0.05) is 13.1 Å². The van der Waals surface area contributed by atoms with E-state index in [-0.39, 0.29) is 11.8 Å². The Morgan fingerprint density at radius 2 is 1.57 bits per heavy atom. The van der Waals surface area contributed by atoms with Crippen LogP contribution in [0.3, 0.4) is 0 Å². The van der Waals surface area contributed by atoms with E-state index >= 15 is 0 Å². The molecular weight excluding hydrogens is 376 g/mol. The van der Waals surface area contributed by atoms with Gasteiger partial charge in [0.05, 0.1) is 25.6 Å². The molecule has 0 saturated carbocycles. The molecule has 0 aromatic heterocycles. The van der Waals surface area contributed by atoms with E-state index in [9.17, 15) is 4.79 Å². The number of carbonyl (C=O) groups is 1. The fourth-order valence-corrected chi connectivity index (χ4v) is 5.34. The van der Waals surface area contributed by atoms with Crippen molar-refractivity contribution in [2.24, 2.45) is 11.3 Å². The Hall–Kier alpha value is -1.49. The first-order valence-corrected chi connectivity index (χ1v) is 12.2. The maximum atomic E-state index is 13.3. The lowest BCUT2D eigenvalue weighted by Gasteiger charge is -2.32. The standard InChI is InChI=1S/C25H42N2O3/c1-4-12-21-22(29-2)19-25(20-23(21)30-3)13-18-27(24(25)28)17-11-6-5-8-14-26-15-9-7-10-16-26/h19-21H,4-18H2,1-3H3. The van der Waals surface area contributed by atoms with E-state index in [1.165, 1.54) is 58.2 Å². The molecule has 0 N–H and O–H groups in total. The number of likely N-dealkylation sites (tertiary alicyclic amines) is 2. The largest absolute Gasteiger partial charge is 0.501 e. The normalized spacial score (nSPS) is 27.4. The second-order valence-corrected chi connectivity index (χ2v) is 9.24. The smallest absolute Gasteiger partial charge is 0.236 e. The van der Waals surface area contributed by atoms with Gasteiger partial charge in [-0.3, -0.25) is 4.79 Å². The number of nitrogens with zero attached hydrogens (tertiary/aromatic N) is 2. The monoisotopic (exact) mass is 418 g/mol. The molecule has 3 aliphatic rings. The summed E-state index contributed by atoms with van der Waals surface area (Å²) in [5.74, 6) is 2.14. The van der Waals surface area contributed by atoms with Crippen molar-refractivity contribution >= 4 is 5.91 Å². The van der Waals surface area contributed by atoms with Gasteiger partial charge in [-0.25, -0.2) is 0 Å². The summed E-state index contributed by atoms with van der Waals surface area (Å²) in [4.78, 5) is 18.0. The quantitative estimate of drug-likeness (QED) is 0.455. The van der Waals surface area contributed by atoms with Crippen LogP contribution in [0, 0.1) is 11.3 Å². The molecule has 5 nitrogen and oxygen atoms in total. The van der Waals surface area contributed by atoms with Gasteiger partial charge in [-0.2, -0.15) is 0 Å². The molecule has 2 saturated heterocycles. The molecule has 2 heterocycles. The fraction of sp³-hybridized carbons (Fsp3) is 0.800. The molecule has 1 aliphatic carbocycles. The summed E-state index contributed by atoms with van der Waals surface area (Å²) in [6.07, 6.45) is 16.0. The SMILES string of the molecule is CCCC1C(OC)=CC2(C=C1OC)CCN(CCCCCCN1CCCCC1)C2=O. The fourth-order valence-electron chi connectivity index (χ4n) is 5.34. The highest BCUT2D eigenvalue weighted by Gasteiger charge is 2.47. The van der Waals surface area contributed by atoms with Crippen LogP contribution in [0.25, 0.3) is 0 Å². The van der Waals surface area contributed by atoms with E-state index in [0.29, 0.717) is 0 Å². The third kappa shape index (κ3) is 5.40. The van der Waals surface area contributed by atoms with Crippen LogP contribution < -0.4 is 0 Å². The van der Waals surface area contributed by atoms with Crippen LogP contribution in [0.5, 0.6) is 0 Å². The number of methoxy groups -OCH3 is 2. The minimum absolute atomic E-state index is 0.136. The van der Waals surface area contributed by atoms with Gasteiger partial charge in [-0.05, 0) is 70.3 Å². The molecule has 0 atom stereocenters. The van der Waals surface area contributed by atoms with E-state index in [1.54, 1.807) is 14.2 Å². The van der Waals surface area contributed by atoms with Crippen molar-refractivity contribution in [2.75, 3.05) is 46.9 Å². The van der Waals surface area contributed by atoms with Crippen LogP contribution in [0.4, 0.5) is 0 Å². The Morgan fingerprint density at radius 3 is 2.17 bits per heavy atom. The Kier molecular flexibility index (Phi) is 8.67. The summed E-state index contributed by atoms with van der Waals surface area (Å²) in [6.45, 7) is 7.69. The summed E-state index contributed by atoms with van der Waals surface area (Å²) < 4.78 is 11.4. The second kappa shape index (κ2) is 11.2. The molecule has 0 aromatic rings. The number of unbranched alkanes of at least 4 members (excludes halogenated alkanes) is 3. The van der Waals surface area contributed by atoms with Gasteiger partial charge in [0.2, 0.25) is 5.91 Å². The number of hydrogen-bond acceptors (Lipinski definition) is 4. The first kappa shape index (κ1) is 23.2. The van der Waals surface area contributed by atoms with Crippen LogP contribution in [0.1, 0.15) is 71.1 Å². The van der Waals surface area contributed by atoms with Crippen LogP contribution in [-0.4, -0.2) is 62.7 Å². The molecule has 1 amide bonds. The molecule has 0 radical (unpaired) electrons. The third-order valence-electron chi connectivity index (χ3n) is 7.12. The number of ether oxygens (including phenoxy) is 2. The topological polar surface area (TPSA) is 42.0 Å². The molecule has 3 rings (SSSR count). The highest BCUT2D eigenvalue weighted by Crippen LogP contribution is 2.44. The van der Waals surface area contributed by atoms with Crippen LogP contribution in [0.2, 0.25) is 0 Å². The van der Waals surface area contributed by atoms with Gasteiger partial charge in [0.25, 0.3) is 0 Å². The van der Waals surface area contributed by atoms with Gasteiger partial charge in [0.15, 0.2) is 0 Å². The lowest BCUT2D eigenvalue weighted by Crippen LogP contribution is -2.36. The van der Waals surface area contributed by atoms with Gasteiger partial charge in [-0.1, -0.05) is 32.6 Å². The maximum absolute atomic E-state index is 13.3. The summed E-state index contributed by atoms with van der Waals surface area (Å²) >= 11 is 0. The van der Waals surface area contributed by atoms with Crippen LogP contribution in [-0.2, 0) is 14.3 Å². The zero-order valence-electron chi connectivity index (χ0n) is 19.5. The molecule has 2 fully saturated rings. The van der Waals surface area contributed by atoms with Crippen molar-refractivity contribution in [1.82, 2.24) is 9.80 Å². The van der Waals surface area contributed by atoms with Crippen molar-refractivity contribution in [3.8, 4) is 0 Å². The van der Waals surface area contributed by atoms with Crippen molar-refractivity contribution < 1.29 is 14.3 Å². The number of hydrogen-bond donors (Lipinski definition) is 0. The highest BCUT2D eigenvalue weighted by atomic mass is 16.5. The molecule has 170 valence electrons. The molecule has 0 unspecified atom stereocenters. The first-order valence-electron chi connectivity index (χ1n) is 12.2. The minimum Gasteiger partial charge on any atom is -0.501 e. The Morgan fingerprint density at radius 1 is 0.933 bits per heavy atom. The zero-order chi connectivity index (χ0) is 21.4. The van der Waals surface area contributed by atoms with Gasteiger partial charge in [-0.15, -0.1) is 0 Å². The summed E-state index contributed by atoms with van der Waals surface area (Å²) in [5, 5.41) is 0. The van der Waals surface area contributed by atoms with Gasteiger partial charge < -0.3 is 19.3 Å². The van der Waals surface area contributed by atoms with Crippen molar-refractivity contribution in [1.29, 1.82) is 0 Å².